The van der Waals surface area contributed by atoms with Crippen molar-refractivity contribution in [2.45, 2.75) is 6.92 Å². The molecule has 0 saturated heterocycles. The van der Waals surface area contributed by atoms with Gasteiger partial charge < -0.3 is 5.71 Å². The van der Waals surface area contributed by atoms with Crippen LogP contribution in [0.15, 0.2) is 0 Å². The molecule has 0 saturated carbocycles. The van der Waals surface area contributed by atoms with Crippen LogP contribution >= 0.6 is 0 Å². The van der Waals surface area contributed by atoms with Crippen molar-refractivity contribution >= 4 is 10.4 Å². The van der Waals surface area contributed by atoms with Gasteiger partial charge in [-0.25, -0.2) is 4.18 Å². The van der Waals surface area contributed by atoms with Crippen molar-refractivity contribution in [3.8, 4) is 0 Å². The monoisotopic (exact) mass is 222 g/mol. The van der Waals surface area contributed by atoms with Crippen LogP contribution in [0.1, 0.15) is 12.6 Å². The summed E-state index contributed by atoms with van der Waals surface area (Å²) in [6.07, 6.45) is 0. The van der Waals surface area contributed by atoms with Gasteiger partial charge in [0.05, 0.1) is 6.61 Å². The second kappa shape index (κ2) is 16.3. The molecule has 0 aromatic carbocycles. The first kappa shape index (κ1) is 29.4. The first-order chi connectivity index (χ1) is 3.06. The van der Waals surface area contributed by atoms with E-state index in [0.717, 1.165) is 0 Å². The van der Waals surface area contributed by atoms with Crippen LogP contribution in [0.5, 0.6) is 0 Å². The molecule has 0 heterocycles. The van der Waals surface area contributed by atoms with E-state index in [1.54, 1.807) is 0 Å². The smallest absolute Gasteiger partial charge is 1.00 e. The SMILES string of the molecule is CCOS(=O)(=O)O.[H-].[H-].[H-].[H-].[Na+].[Na+].[Na+].[Na+]. The van der Waals surface area contributed by atoms with Gasteiger partial charge in [0.25, 0.3) is 0 Å². The van der Waals surface area contributed by atoms with Crippen LogP contribution in [0.25, 0.3) is 0 Å². The zero-order valence-electron chi connectivity index (χ0n) is 11.8. The zero-order valence-corrected chi connectivity index (χ0v) is 16.6. The molecule has 11 heavy (non-hydrogen) atoms. The molecule has 0 aliphatic carbocycles. The molecule has 0 aromatic heterocycles. The van der Waals surface area contributed by atoms with Gasteiger partial charge >= 0.3 is 129 Å². The van der Waals surface area contributed by atoms with E-state index in [2.05, 4.69) is 4.18 Å². The Kier molecular flexibility index (Phi) is 43.5. The average Bonchev–Trinajstić information content (AvgIpc) is 1.30. The van der Waals surface area contributed by atoms with Crippen molar-refractivity contribution in [1.82, 2.24) is 0 Å². The van der Waals surface area contributed by atoms with Crippen molar-refractivity contribution < 1.29 is 141 Å². The van der Waals surface area contributed by atoms with E-state index in [-0.39, 0.29) is 131 Å². The maximum atomic E-state index is 9.56. The molecule has 0 spiro atoms. The molecule has 0 radical (unpaired) electrons. The Morgan fingerprint density at radius 2 is 1.55 bits per heavy atom. The van der Waals surface area contributed by atoms with E-state index in [0.29, 0.717) is 0 Å². The van der Waals surface area contributed by atoms with E-state index in [9.17, 15) is 8.42 Å². The van der Waals surface area contributed by atoms with Crippen LogP contribution in [-0.4, -0.2) is 19.6 Å². The summed E-state index contributed by atoms with van der Waals surface area (Å²) in [7, 11) is -4.17. The van der Waals surface area contributed by atoms with Crippen LogP contribution in [0.4, 0.5) is 0 Å². The van der Waals surface area contributed by atoms with Crippen molar-refractivity contribution in [3.63, 3.8) is 0 Å². The molecule has 0 aromatic rings. The third-order valence-corrected chi connectivity index (χ3v) is 0.800. The number of hydrogen-bond acceptors (Lipinski definition) is 3. The minimum atomic E-state index is -4.17. The summed E-state index contributed by atoms with van der Waals surface area (Å²) < 4.78 is 30.7. The Morgan fingerprint density at radius 3 is 1.55 bits per heavy atom. The van der Waals surface area contributed by atoms with Gasteiger partial charge in [-0.2, -0.15) is 8.42 Å². The van der Waals surface area contributed by atoms with Gasteiger partial charge in [0.2, 0.25) is 0 Å². The van der Waals surface area contributed by atoms with Crippen LogP contribution in [0.3, 0.4) is 0 Å². The molecule has 0 rings (SSSR count). The van der Waals surface area contributed by atoms with Gasteiger partial charge in [-0.3, -0.25) is 4.55 Å². The first-order valence-corrected chi connectivity index (χ1v) is 3.04. The molecular weight excluding hydrogens is 212 g/mol. The van der Waals surface area contributed by atoms with E-state index in [1.165, 1.54) is 6.92 Å². The van der Waals surface area contributed by atoms with E-state index in [4.69, 9.17) is 4.55 Å². The molecule has 9 heteroatoms. The summed E-state index contributed by atoms with van der Waals surface area (Å²) in [4.78, 5) is 0. The molecule has 52 valence electrons. The fourth-order valence-corrected chi connectivity index (χ4v) is 0.447. The predicted molar refractivity (Wildman–Crippen MR) is 27.6 cm³/mol. The first-order valence-electron chi connectivity index (χ1n) is 1.68. The Labute approximate surface area is 162 Å². The Hall–Kier alpha value is 3.87. The third-order valence-electron chi connectivity index (χ3n) is 0.267. The fourth-order valence-electron chi connectivity index (χ4n) is 0.149. The molecule has 0 aliphatic heterocycles. The minimum Gasteiger partial charge on any atom is -1.00 e. The molecule has 0 unspecified atom stereocenters. The summed E-state index contributed by atoms with van der Waals surface area (Å²) in [6.45, 7) is 1.44. The maximum absolute atomic E-state index is 9.56. The van der Waals surface area contributed by atoms with Gasteiger partial charge in [0.1, 0.15) is 0 Å². The third kappa shape index (κ3) is 31.6. The van der Waals surface area contributed by atoms with E-state index < -0.39 is 10.4 Å². The second-order valence-corrected chi connectivity index (χ2v) is 1.93. The summed E-state index contributed by atoms with van der Waals surface area (Å²) in [6, 6.07) is 0. The Balaban J connectivity index is -0.00000000643. The van der Waals surface area contributed by atoms with E-state index >= 15 is 0 Å². The van der Waals surface area contributed by atoms with Crippen LogP contribution in [0, 0.1) is 0 Å². The molecule has 4 nitrogen and oxygen atoms in total. The zero-order chi connectivity index (χ0) is 5.91. The minimum absolute atomic E-state index is 0. The average molecular weight is 222 g/mol. The van der Waals surface area contributed by atoms with Crippen molar-refractivity contribution in [2.75, 3.05) is 6.61 Å². The molecule has 0 fully saturated rings. The molecule has 0 bridgehead atoms. The molecule has 1 N–H and O–H groups in total. The second-order valence-electron chi connectivity index (χ2n) is 0.834. The summed E-state index contributed by atoms with van der Waals surface area (Å²) in [5.41, 5.74) is 0. The molecular formula is C2H10Na4O4S. The Bertz CT molecular complexity index is 146. The quantitative estimate of drug-likeness (QED) is 0.372. The summed E-state index contributed by atoms with van der Waals surface area (Å²) in [5, 5.41) is 0. The topological polar surface area (TPSA) is 63.6 Å². The molecule has 0 atom stereocenters. The standard InChI is InChI=1S/C2H6O4S.4Na.4H/c1-2-6-7(3,4)5;;;;;;;;/h2H2,1H3,(H,3,4,5);;;;;;;;/q;4*+1;4*-1. The fraction of sp³-hybridized carbons (Fsp3) is 1.00. The van der Waals surface area contributed by atoms with Gasteiger partial charge in [0.15, 0.2) is 0 Å². The molecule has 0 amide bonds. The maximum Gasteiger partial charge on any atom is 1.00 e. The van der Waals surface area contributed by atoms with Gasteiger partial charge in [-0.1, -0.05) is 0 Å². The van der Waals surface area contributed by atoms with Crippen LogP contribution in [-0.2, 0) is 14.6 Å². The van der Waals surface area contributed by atoms with Gasteiger partial charge in [0, 0.05) is 0 Å². The molecule has 0 aliphatic rings. The normalized spacial score (nSPS) is 7.45. The van der Waals surface area contributed by atoms with Crippen LogP contribution in [0.2, 0.25) is 0 Å². The predicted octanol–water partition coefficient (Wildman–Crippen LogP) is -11.7. The van der Waals surface area contributed by atoms with Crippen molar-refractivity contribution in [2.24, 2.45) is 0 Å². The number of rotatable bonds is 2. The largest absolute Gasteiger partial charge is 1.00 e. The number of hydrogen-bond donors (Lipinski definition) is 1. The summed E-state index contributed by atoms with van der Waals surface area (Å²) >= 11 is 0. The van der Waals surface area contributed by atoms with Crippen molar-refractivity contribution in [1.29, 1.82) is 0 Å². The Morgan fingerprint density at radius 1 is 1.27 bits per heavy atom. The summed E-state index contributed by atoms with van der Waals surface area (Å²) in [5.74, 6) is 0. The van der Waals surface area contributed by atoms with Gasteiger partial charge in [-0.05, 0) is 6.92 Å². The van der Waals surface area contributed by atoms with Crippen LogP contribution < -0.4 is 118 Å². The van der Waals surface area contributed by atoms with E-state index in [1.807, 2.05) is 0 Å². The van der Waals surface area contributed by atoms with Gasteiger partial charge in [-0.15, -0.1) is 0 Å². The van der Waals surface area contributed by atoms with Crippen molar-refractivity contribution in [3.05, 3.63) is 0 Å².